The van der Waals surface area contributed by atoms with Crippen LogP contribution in [0.15, 0.2) is 35.3 Å². The summed E-state index contributed by atoms with van der Waals surface area (Å²) in [6, 6.07) is 9.68. The van der Waals surface area contributed by atoms with E-state index in [4.69, 9.17) is 0 Å². The highest BCUT2D eigenvalue weighted by molar-refractivity contribution is 7.04. The first-order valence-electron chi connectivity index (χ1n) is 5.37. The number of hydrogen-bond acceptors (Lipinski definition) is 3. The number of para-hydroxylation sites is 1. The summed E-state index contributed by atoms with van der Waals surface area (Å²) in [5.41, 5.74) is 2.57. The Morgan fingerprint density at radius 3 is 2.53 bits per heavy atom. The molecule has 0 radical (unpaired) electrons. The molecule has 0 aliphatic heterocycles. The highest BCUT2D eigenvalue weighted by Crippen LogP contribution is 2.12. The molecule has 1 aromatic carbocycles. The lowest BCUT2D eigenvalue weighted by Gasteiger charge is -1.94. The molecule has 0 saturated carbocycles. The third-order valence-electron chi connectivity index (χ3n) is 2.61. The minimum atomic E-state index is 0.0639. The van der Waals surface area contributed by atoms with Gasteiger partial charge < -0.3 is 3.96 Å². The van der Waals surface area contributed by atoms with E-state index in [1.54, 1.807) is 6.92 Å². The summed E-state index contributed by atoms with van der Waals surface area (Å²) in [5.74, 6) is 0.0639. The Morgan fingerprint density at radius 1 is 1.29 bits per heavy atom. The van der Waals surface area contributed by atoms with E-state index in [1.165, 1.54) is 11.5 Å². The maximum absolute atomic E-state index is 11.6. The lowest BCUT2D eigenvalue weighted by atomic mass is 10.2. The van der Waals surface area contributed by atoms with Crippen molar-refractivity contribution in [3.8, 4) is 0 Å². The zero-order valence-electron chi connectivity index (χ0n) is 10.1. The number of aryl methyl sites for hydroxylation is 1. The van der Waals surface area contributed by atoms with Gasteiger partial charge in [0.15, 0.2) is 5.78 Å². The van der Waals surface area contributed by atoms with Gasteiger partial charge in [0, 0.05) is 12.7 Å². The second-order valence-corrected chi connectivity index (χ2v) is 4.97. The van der Waals surface area contributed by atoms with Crippen molar-refractivity contribution in [2.24, 2.45) is 12.0 Å². The fraction of sp³-hybridized carbons (Fsp3) is 0.231. The molecule has 0 fully saturated rings. The second kappa shape index (κ2) is 4.67. The molecule has 0 N–H and O–H groups in total. The Bertz CT molecular complexity index is 608. The molecule has 0 saturated heterocycles. The van der Waals surface area contributed by atoms with Crippen molar-refractivity contribution in [2.75, 3.05) is 0 Å². The summed E-state index contributed by atoms with van der Waals surface area (Å²) in [5, 5.41) is 0. The molecule has 0 aliphatic carbocycles. The van der Waals surface area contributed by atoms with Crippen molar-refractivity contribution in [1.82, 2.24) is 3.96 Å². The zero-order valence-corrected chi connectivity index (χ0v) is 10.9. The molecule has 4 heteroatoms. The van der Waals surface area contributed by atoms with Crippen molar-refractivity contribution in [3.63, 3.8) is 0 Å². The smallest absolute Gasteiger partial charge is 0.164 e. The number of ketones is 1. The molecule has 0 atom stereocenters. The van der Waals surface area contributed by atoms with Gasteiger partial charge >= 0.3 is 0 Å². The summed E-state index contributed by atoms with van der Waals surface area (Å²) < 4.78 is 2.75. The Balaban J connectivity index is 2.64. The van der Waals surface area contributed by atoms with Crippen LogP contribution in [-0.2, 0) is 7.05 Å². The summed E-state index contributed by atoms with van der Waals surface area (Å²) in [4.78, 5) is 16.1. The van der Waals surface area contributed by atoms with E-state index in [9.17, 15) is 4.79 Å². The van der Waals surface area contributed by atoms with Crippen molar-refractivity contribution in [1.29, 1.82) is 0 Å². The Labute approximate surface area is 104 Å². The molecule has 1 aromatic heterocycles. The van der Waals surface area contributed by atoms with Gasteiger partial charge in [-0.25, -0.2) is 4.99 Å². The fourth-order valence-corrected chi connectivity index (χ4v) is 2.67. The maximum Gasteiger partial charge on any atom is 0.164 e. The molecule has 2 aromatic rings. The van der Waals surface area contributed by atoms with Gasteiger partial charge in [0.25, 0.3) is 0 Å². The minimum absolute atomic E-state index is 0.0639. The molecule has 0 unspecified atom stereocenters. The van der Waals surface area contributed by atoms with Gasteiger partial charge in [0.1, 0.15) is 4.67 Å². The van der Waals surface area contributed by atoms with Crippen molar-refractivity contribution in [2.45, 2.75) is 13.8 Å². The number of aromatic nitrogens is 1. The van der Waals surface area contributed by atoms with E-state index in [0.717, 1.165) is 21.6 Å². The van der Waals surface area contributed by atoms with Gasteiger partial charge in [0.05, 0.1) is 11.3 Å². The Hall–Kier alpha value is -1.68. The molecule has 88 valence electrons. The van der Waals surface area contributed by atoms with Gasteiger partial charge in [-0.1, -0.05) is 18.2 Å². The molecule has 3 nitrogen and oxygen atoms in total. The number of benzene rings is 1. The summed E-state index contributed by atoms with van der Waals surface area (Å²) >= 11 is 1.49. The first-order chi connectivity index (χ1) is 8.09. The van der Waals surface area contributed by atoms with Crippen LogP contribution in [0.5, 0.6) is 0 Å². The van der Waals surface area contributed by atoms with Gasteiger partial charge in [0.2, 0.25) is 0 Å². The summed E-state index contributed by atoms with van der Waals surface area (Å²) in [6.07, 6.45) is 0. The van der Waals surface area contributed by atoms with Gasteiger partial charge in [-0.2, -0.15) is 0 Å². The van der Waals surface area contributed by atoms with Crippen LogP contribution in [-0.4, -0.2) is 9.74 Å². The van der Waals surface area contributed by atoms with Crippen molar-refractivity contribution < 1.29 is 4.79 Å². The Morgan fingerprint density at radius 2 is 1.94 bits per heavy atom. The minimum Gasteiger partial charge on any atom is -0.303 e. The number of rotatable bonds is 2. The lowest BCUT2D eigenvalue weighted by Crippen LogP contribution is -2.08. The predicted molar refractivity (Wildman–Crippen MR) is 69.7 cm³/mol. The normalized spacial score (nSPS) is 11.8. The molecular formula is C13H14N2OS. The highest BCUT2D eigenvalue weighted by atomic mass is 32.1. The SMILES string of the molecule is CC(=O)c1c(C)n(C)sc1=Nc1ccccc1. The van der Waals surface area contributed by atoms with Crippen molar-refractivity contribution >= 4 is 23.0 Å². The van der Waals surface area contributed by atoms with E-state index < -0.39 is 0 Å². The largest absolute Gasteiger partial charge is 0.303 e. The first kappa shape index (κ1) is 11.8. The molecule has 2 rings (SSSR count). The fourth-order valence-electron chi connectivity index (χ4n) is 1.66. The number of nitrogens with zero attached hydrogens (tertiary/aromatic N) is 2. The Kier molecular flexibility index (Phi) is 3.24. The third kappa shape index (κ3) is 2.36. The predicted octanol–water partition coefficient (Wildman–Crippen LogP) is 2.83. The first-order valence-corrected chi connectivity index (χ1v) is 6.14. The maximum atomic E-state index is 11.6. The molecule has 1 heterocycles. The van der Waals surface area contributed by atoms with Crippen LogP contribution in [0.1, 0.15) is 23.0 Å². The van der Waals surface area contributed by atoms with Crippen molar-refractivity contribution in [3.05, 3.63) is 46.3 Å². The van der Waals surface area contributed by atoms with E-state index >= 15 is 0 Å². The van der Waals surface area contributed by atoms with Gasteiger partial charge in [-0.15, -0.1) is 0 Å². The second-order valence-electron chi connectivity index (χ2n) is 3.86. The van der Waals surface area contributed by atoms with Gasteiger partial charge in [-0.3, -0.25) is 4.79 Å². The summed E-state index contributed by atoms with van der Waals surface area (Å²) in [6.45, 7) is 3.52. The highest BCUT2D eigenvalue weighted by Gasteiger charge is 2.12. The van der Waals surface area contributed by atoms with E-state index in [0.29, 0.717) is 0 Å². The third-order valence-corrected chi connectivity index (χ3v) is 3.63. The van der Waals surface area contributed by atoms with E-state index in [-0.39, 0.29) is 5.78 Å². The van der Waals surface area contributed by atoms with Crippen LogP contribution in [0.25, 0.3) is 0 Å². The number of Topliss-reactive ketones (excluding diaryl/α,β-unsaturated/α-hetero) is 1. The standard InChI is InChI=1S/C13H14N2OS/c1-9-12(10(2)16)13(17-15(9)3)14-11-7-5-4-6-8-11/h4-8H,1-3H3. The monoisotopic (exact) mass is 246 g/mol. The van der Waals surface area contributed by atoms with Gasteiger partial charge in [-0.05, 0) is 37.5 Å². The van der Waals surface area contributed by atoms with Crippen LogP contribution in [0, 0.1) is 6.92 Å². The molecule has 0 bridgehead atoms. The van der Waals surface area contributed by atoms with E-state index in [2.05, 4.69) is 4.99 Å². The van der Waals surface area contributed by atoms with Crippen LogP contribution in [0.2, 0.25) is 0 Å². The van der Waals surface area contributed by atoms with Crippen LogP contribution < -0.4 is 4.67 Å². The summed E-state index contributed by atoms with van der Waals surface area (Å²) in [7, 11) is 1.94. The quantitative estimate of drug-likeness (QED) is 0.750. The van der Waals surface area contributed by atoms with E-state index in [1.807, 2.05) is 48.3 Å². The average Bonchev–Trinajstić information content (AvgIpc) is 2.56. The zero-order chi connectivity index (χ0) is 12.4. The molecule has 17 heavy (non-hydrogen) atoms. The topological polar surface area (TPSA) is 34.4 Å². The van der Waals surface area contributed by atoms with Crippen LogP contribution in [0.4, 0.5) is 5.69 Å². The molecule has 0 aliphatic rings. The van der Waals surface area contributed by atoms with Crippen LogP contribution >= 0.6 is 11.5 Å². The number of carbonyl (C=O) groups excluding carboxylic acids is 1. The lowest BCUT2D eigenvalue weighted by molar-refractivity contribution is 0.101. The average molecular weight is 246 g/mol. The molecular weight excluding hydrogens is 232 g/mol. The van der Waals surface area contributed by atoms with Crippen LogP contribution in [0.3, 0.4) is 0 Å². The molecule has 0 amide bonds. The molecule has 0 spiro atoms. The number of hydrogen-bond donors (Lipinski definition) is 0. The number of carbonyl (C=O) groups is 1.